The molecule has 0 aliphatic heterocycles. The summed E-state index contributed by atoms with van der Waals surface area (Å²) in [5.41, 5.74) is 0.543. The predicted octanol–water partition coefficient (Wildman–Crippen LogP) is 3.65. The molecule has 2 aromatic carbocycles. The predicted molar refractivity (Wildman–Crippen MR) is 92.6 cm³/mol. The first kappa shape index (κ1) is 19.4. The highest BCUT2D eigenvalue weighted by molar-refractivity contribution is 7.89. The summed E-state index contributed by atoms with van der Waals surface area (Å²) >= 11 is 6.01. The molecule has 2 rings (SSSR count). The number of carbonyl (C=O) groups is 1. The largest absolute Gasteiger partial charge is 0.454 e. The van der Waals surface area contributed by atoms with Gasteiger partial charge in [0.15, 0.2) is 0 Å². The van der Waals surface area contributed by atoms with Crippen LogP contribution in [0.1, 0.15) is 28.9 Å². The minimum absolute atomic E-state index is 0.0569. The first-order chi connectivity index (χ1) is 11.6. The Labute approximate surface area is 151 Å². The van der Waals surface area contributed by atoms with Gasteiger partial charge in [-0.15, -0.1) is 0 Å². The SMILES string of the molecule is C[C@H](OC(=O)c1cc(S(=O)(=O)N(C)C)ccc1Cl)c1ccc(F)cc1. The van der Waals surface area contributed by atoms with E-state index in [0.29, 0.717) is 5.56 Å². The van der Waals surface area contributed by atoms with Crippen LogP contribution in [-0.2, 0) is 14.8 Å². The van der Waals surface area contributed by atoms with Crippen molar-refractivity contribution in [2.75, 3.05) is 14.1 Å². The van der Waals surface area contributed by atoms with Gasteiger partial charge in [0.25, 0.3) is 0 Å². The summed E-state index contributed by atoms with van der Waals surface area (Å²) < 4.78 is 43.7. The number of sulfonamides is 1. The van der Waals surface area contributed by atoms with E-state index in [-0.39, 0.29) is 15.5 Å². The molecule has 8 heteroatoms. The van der Waals surface area contributed by atoms with Crippen LogP contribution in [0.25, 0.3) is 0 Å². The second-order valence-corrected chi connectivity index (χ2v) is 8.09. The number of nitrogens with zero attached hydrogens (tertiary/aromatic N) is 1. The fraction of sp³-hybridized carbons (Fsp3) is 0.235. The Bertz CT molecular complexity index is 882. The maximum Gasteiger partial charge on any atom is 0.340 e. The summed E-state index contributed by atoms with van der Waals surface area (Å²) in [4.78, 5) is 12.3. The molecule has 134 valence electrons. The van der Waals surface area contributed by atoms with Crippen molar-refractivity contribution in [1.82, 2.24) is 4.31 Å². The monoisotopic (exact) mass is 385 g/mol. The molecule has 0 aliphatic carbocycles. The zero-order chi connectivity index (χ0) is 18.8. The fourth-order valence-corrected chi connectivity index (χ4v) is 3.18. The Kier molecular flexibility index (Phi) is 5.82. The van der Waals surface area contributed by atoms with Crippen LogP contribution in [0, 0.1) is 5.82 Å². The third kappa shape index (κ3) is 4.36. The molecule has 0 aromatic heterocycles. The molecule has 0 fully saturated rings. The van der Waals surface area contributed by atoms with Crippen LogP contribution in [0.3, 0.4) is 0 Å². The molecule has 0 N–H and O–H groups in total. The highest BCUT2D eigenvalue weighted by Crippen LogP contribution is 2.25. The molecule has 0 saturated carbocycles. The zero-order valence-electron chi connectivity index (χ0n) is 13.9. The number of esters is 1. The smallest absolute Gasteiger partial charge is 0.340 e. The lowest BCUT2D eigenvalue weighted by molar-refractivity contribution is 0.0337. The summed E-state index contributed by atoms with van der Waals surface area (Å²) in [6.45, 7) is 1.62. The number of hydrogen-bond donors (Lipinski definition) is 0. The lowest BCUT2D eigenvalue weighted by Gasteiger charge is -2.16. The van der Waals surface area contributed by atoms with E-state index in [1.54, 1.807) is 6.92 Å². The third-order valence-electron chi connectivity index (χ3n) is 3.56. The molecule has 0 unspecified atom stereocenters. The Morgan fingerprint density at radius 3 is 2.32 bits per heavy atom. The first-order valence-electron chi connectivity index (χ1n) is 7.31. The van der Waals surface area contributed by atoms with E-state index in [1.165, 1.54) is 56.6 Å². The molecule has 0 amide bonds. The summed E-state index contributed by atoms with van der Waals surface area (Å²) in [7, 11) is -0.935. The fourth-order valence-electron chi connectivity index (χ4n) is 2.06. The summed E-state index contributed by atoms with van der Waals surface area (Å²) in [6.07, 6.45) is -0.654. The number of benzene rings is 2. The molecule has 1 atom stereocenters. The van der Waals surface area contributed by atoms with Crippen molar-refractivity contribution in [3.05, 3.63) is 64.4 Å². The van der Waals surface area contributed by atoms with E-state index in [4.69, 9.17) is 16.3 Å². The Balaban J connectivity index is 2.28. The van der Waals surface area contributed by atoms with E-state index in [9.17, 15) is 17.6 Å². The van der Waals surface area contributed by atoms with Crippen molar-refractivity contribution in [2.24, 2.45) is 0 Å². The lowest BCUT2D eigenvalue weighted by atomic mass is 10.1. The second-order valence-electron chi connectivity index (χ2n) is 5.53. The molecule has 0 spiro atoms. The van der Waals surface area contributed by atoms with Gasteiger partial charge in [-0.25, -0.2) is 21.9 Å². The number of carbonyl (C=O) groups excluding carboxylic acids is 1. The molecule has 0 saturated heterocycles. The average molecular weight is 386 g/mol. The van der Waals surface area contributed by atoms with Crippen molar-refractivity contribution in [1.29, 1.82) is 0 Å². The summed E-state index contributed by atoms with van der Waals surface area (Å²) in [5.74, 6) is -1.16. The van der Waals surface area contributed by atoms with Crippen molar-refractivity contribution in [2.45, 2.75) is 17.9 Å². The van der Waals surface area contributed by atoms with E-state index in [0.717, 1.165) is 4.31 Å². The standard InChI is InChI=1S/C17H17ClFNO4S/c1-11(12-4-6-13(19)7-5-12)24-17(21)15-10-14(8-9-16(15)18)25(22,23)20(2)3/h4-11H,1-3H3/t11-/m0/s1. The Morgan fingerprint density at radius 1 is 1.16 bits per heavy atom. The normalized spacial score (nSPS) is 12.9. The number of hydrogen-bond acceptors (Lipinski definition) is 4. The third-order valence-corrected chi connectivity index (χ3v) is 5.70. The topological polar surface area (TPSA) is 63.7 Å². The minimum atomic E-state index is -3.71. The van der Waals surface area contributed by atoms with Gasteiger partial charge in [0.2, 0.25) is 10.0 Å². The van der Waals surface area contributed by atoms with Gasteiger partial charge in [-0.2, -0.15) is 0 Å². The van der Waals surface area contributed by atoms with Crippen LogP contribution in [0.15, 0.2) is 47.4 Å². The van der Waals surface area contributed by atoms with Crippen LogP contribution in [0.4, 0.5) is 4.39 Å². The van der Waals surface area contributed by atoms with E-state index >= 15 is 0 Å². The minimum Gasteiger partial charge on any atom is -0.454 e. The van der Waals surface area contributed by atoms with Gasteiger partial charge in [0, 0.05) is 14.1 Å². The number of rotatable bonds is 5. The molecular weight excluding hydrogens is 369 g/mol. The molecule has 0 heterocycles. The van der Waals surface area contributed by atoms with Gasteiger partial charge in [0.05, 0.1) is 15.5 Å². The van der Waals surface area contributed by atoms with Gasteiger partial charge < -0.3 is 4.74 Å². The van der Waals surface area contributed by atoms with Crippen molar-refractivity contribution >= 4 is 27.6 Å². The summed E-state index contributed by atoms with van der Waals surface area (Å²) in [6, 6.07) is 9.35. The number of halogens is 2. The van der Waals surface area contributed by atoms with Crippen molar-refractivity contribution in [3.63, 3.8) is 0 Å². The van der Waals surface area contributed by atoms with Crippen LogP contribution in [0.2, 0.25) is 5.02 Å². The van der Waals surface area contributed by atoms with E-state index < -0.39 is 27.9 Å². The van der Waals surface area contributed by atoms with Gasteiger partial charge in [0.1, 0.15) is 11.9 Å². The van der Waals surface area contributed by atoms with Crippen LogP contribution >= 0.6 is 11.6 Å². The molecule has 0 radical (unpaired) electrons. The van der Waals surface area contributed by atoms with Gasteiger partial charge >= 0.3 is 5.97 Å². The van der Waals surface area contributed by atoms with Crippen molar-refractivity contribution < 1.29 is 22.3 Å². The molecule has 0 bridgehead atoms. The van der Waals surface area contributed by atoms with E-state index in [2.05, 4.69) is 0 Å². The number of ether oxygens (including phenoxy) is 1. The molecular formula is C17H17ClFNO4S. The zero-order valence-corrected chi connectivity index (χ0v) is 15.4. The van der Waals surface area contributed by atoms with E-state index in [1.807, 2.05) is 0 Å². The molecule has 25 heavy (non-hydrogen) atoms. The second kappa shape index (κ2) is 7.51. The Hall–Kier alpha value is -1.96. The first-order valence-corrected chi connectivity index (χ1v) is 9.13. The maximum absolute atomic E-state index is 13.0. The van der Waals surface area contributed by atoms with Crippen LogP contribution in [-0.4, -0.2) is 32.8 Å². The molecule has 2 aromatic rings. The van der Waals surface area contributed by atoms with Crippen LogP contribution in [0.5, 0.6) is 0 Å². The quantitative estimate of drug-likeness (QED) is 0.737. The summed E-state index contributed by atoms with van der Waals surface area (Å²) in [5, 5.41) is 0.0778. The molecule has 5 nitrogen and oxygen atoms in total. The highest BCUT2D eigenvalue weighted by Gasteiger charge is 2.22. The van der Waals surface area contributed by atoms with Crippen molar-refractivity contribution in [3.8, 4) is 0 Å². The van der Waals surface area contributed by atoms with Gasteiger partial charge in [-0.3, -0.25) is 0 Å². The van der Waals surface area contributed by atoms with Gasteiger partial charge in [-0.1, -0.05) is 23.7 Å². The molecule has 0 aliphatic rings. The lowest BCUT2D eigenvalue weighted by Crippen LogP contribution is -2.22. The van der Waals surface area contributed by atoms with Crippen LogP contribution < -0.4 is 0 Å². The van der Waals surface area contributed by atoms with Gasteiger partial charge in [-0.05, 0) is 42.8 Å². The maximum atomic E-state index is 13.0. The average Bonchev–Trinajstić information content (AvgIpc) is 2.55. The highest BCUT2D eigenvalue weighted by atomic mass is 35.5. The Morgan fingerprint density at radius 2 is 1.76 bits per heavy atom.